The van der Waals surface area contributed by atoms with Crippen LogP contribution in [-0.4, -0.2) is 29.6 Å². The summed E-state index contributed by atoms with van der Waals surface area (Å²) in [6.45, 7) is 1.65. The lowest BCUT2D eigenvalue weighted by Crippen LogP contribution is -2.16. The van der Waals surface area contributed by atoms with Crippen molar-refractivity contribution < 1.29 is 9.53 Å². The van der Waals surface area contributed by atoms with Crippen molar-refractivity contribution in [2.75, 3.05) is 13.7 Å². The van der Waals surface area contributed by atoms with Gasteiger partial charge in [0.15, 0.2) is 0 Å². The number of nitrogens with one attached hydrogen (secondary N) is 2. The molecule has 5 heteroatoms. The van der Waals surface area contributed by atoms with Crippen LogP contribution < -0.4 is 5.32 Å². The molecule has 0 unspecified atom stereocenters. The van der Waals surface area contributed by atoms with Crippen LogP contribution in [0.4, 0.5) is 0 Å². The van der Waals surface area contributed by atoms with Crippen molar-refractivity contribution in [1.82, 2.24) is 15.3 Å². The molecule has 0 aliphatic rings. The number of carbonyl (C=O) groups is 1. The minimum Gasteiger partial charge on any atom is -0.465 e. The zero-order valence-electron chi connectivity index (χ0n) is 10.8. The molecule has 0 bridgehead atoms. The zero-order chi connectivity index (χ0) is 13.5. The molecule has 5 nitrogen and oxygen atoms in total. The number of nitrogens with zero attached hydrogens (tertiary/aromatic N) is 1. The van der Waals surface area contributed by atoms with Gasteiger partial charge in [-0.05, 0) is 17.7 Å². The number of carbonyl (C=O) groups excluding carboxylic acids is 1. The van der Waals surface area contributed by atoms with Crippen molar-refractivity contribution in [3.8, 4) is 0 Å². The van der Waals surface area contributed by atoms with Gasteiger partial charge in [-0.2, -0.15) is 0 Å². The van der Waals surface area contributed by atoms with Crippen LogP contribution in [0.25, 0.3) is 0 Å². The first-order valence-electron chi connectivity index (χ1n) is 6.15. The average molecular weight is 259 g/mol. The maximum atomic E-state index is 11.3. The highest BCUT2D eigenvalue weighted by molar-refractivity contribution is 5.89. The van der Waals surface area contributed by atoms with Gasteiger partial charge in [-0.3, -0.25) is 0 Å². The van der Waals surface area contributed by atoms with Gasteiger partial charge in [0.2, 0.25) is 0 Å². The second-order valence-electron chi connectivity index (χ2n) is 4.19. The van der Waals surface area contributed by atoms with Crippen LogP contribution in [0.2, 0.25) is 0 Å². The van der Waals surface area contributed by atoms with Gasteiger partial charge in [-0.25, -0.2) is 9.78 Å². The minimum absolute atomic E-state index is 0.307. The molecular formula is C14H17N3O2. The summed E-state index contributed by atoms with van der Waals surface area (Å²) in [6.07, 6.45) is 4.42. The van der Waals surface area contributed by atoms with E-state index in [9.17, 15) is 4.79 Å². The highest BCUT2D eigenvalue weighted by Gasteiger charge is 2.03. The number of methoxy groups -OCH3 is 1. The number of imidazole rings is 1. The van der Waals surface area contributed by atoms with E-state index in [0.717, 1.165) is 30.8 Å². The van der Waals surface area contributed by atoms with Gasteiger partial charge in [0.25, 0.3) is 0 Å². The topological polar surface area (TPSA) is 67.0 Å². The molecule has 1 aromatic heterocycles. The second-order valence-corrected chi connectivity index (χ2v) is 4.19. The van der Waals surface area contributed by atoms with Crippen LogP contribution >= 0.6 is 0 Å². The van der Waals surface area contributed by atoms with Gasteiger partial charge in [-0.1, -0.05) is 12.1 Å². The fourth-order valence-electron chi connectivity index (χ4n) is 1.75. The molecule has 1 heterocycles. The van der Waals surface area contributed by atoms with Crippen molar-refractivity contribution in [1.29, 1.82) is 0 Å². The number of rotatable bonds is 6. The van der Waals surface area contributed by atoms with Crippen LogP contribution in [0.1, 0.15) is 21.6 Å². The molecule has 2 rings (SSSR count). The van der Waals surface area contributed by atoms with E-state index in [1.54, 1.807) is 18.5 Å². The SMILES string of the molecule is COC(=O)c1ccc(CNCCc2cnc[nH]2)cc1. The van der Waals surface area contributed by atoms with Crippen LogP contribution in [0.5, 0.6) is 0 Å². The van der Waals surface area contributed by atoms with Crippen molar-refractivity contribution >= 4 is 5.97 Å². The molecule has 0 saturated carbocycles. The van der Waals surface area contributed by atoms with E-state index in [4.69, 9.17) is 0 Å². The third kappa shape index (κ3) is 3.93. The zero-order valence-corrected chi connectivity index (χ0v) is 10.8. The van der Waals surface area contributed by atoms with Gasteiger partial charge in [0.05, 0.1) is 19.0 Å². The van der Waals surface area contributed by atoms with Crippen molar-refractivity contribution in [3.63, 3.8) is 0 Å². The molecule has 0 amide bonds. The maximum Gasteiger partial charge on any atom is 0.337 e. The molecule has 0 aliphatic heterocycles. The predicted molar refractivity (Wildman–Crippen MR) is 71.8 cm³/mol. The molecule has 19 heavy (non-hydrogen) atoms. The number of aromatic amines is 1. The molecule has 2 N–H and O–H groups in total. The van der Waals surface area contributed by atoms with Crippen molar-refractivity contribution in [2.24, 2.45) is 0 Å². The molecule has 1 aromatic carbocycles. The maximum absolute atomic E-state index is 11.3. The number of ether oxygens (including phenoxy) is 1. The molecule has 0 spiro atoms. The molecule has 0 radical (unpaired) electrons. The van der Waals surface area contributed by atoms with E-state index >= 15 is 0 Å². The minimum atomic E-state index is -0.307. The van der Waals surface area contributed by atoms with Gasteiger partial charge < -0.3 is 15.0 Å². The number of hydrogen-bond donors (Lipinski definition) is 2. The van der Waals surface area contributed by atoms with Gasteiger partial charge in [0, 0.05) is 31.4 Å². The molecule has 2 aromatic rings. The van der Waals surface area contributed by atoms with Crippen LogP contribution in [0.3, 0.4) is 0 Å². The third-order valence-corrected chi connectivity index (χ3v) is 2.83. The number of H-pyrrole nitrogens is 1. The van der Waals surface area contributed by atoms with Crippen LogP contribution in [0.15, 0.2) is 36.8 Å². The second kappa shape index (κ2) is 6.70. The first-order valence-corrected chi connectivity index (χ1v) is 6.15. The number of aromatic nitrogens is 2. The van der Waals surface area contributed by atoms with E-state index < -0.39 is 0 Å². The molecule has 0 atom stereocenters. The summed E-state index contributed by atoms with van der Waals surface area (Å²) in [5, 5.41) is 3.34. The van der Waals surface area contributed by atoms with Crippen molar-refractivity contribution in [3.05, 3.63) is 53.6 Å². The Morgan fingerprint density at radius 3 is 2.79 bits per heavy atom. The summed E-state index contributed by atoms with van der Waals surface area (Å²) < 4.78 is 4.65. The first-order chi connectivity index (χ1) is 9.29. The summed E-state index contributed by atoms with van der Waals surface area (Å²) in [5.41, 5.74) is 2.83. The quantitative estimate of drug-likeness (QED) is 0.610. The number of benzene rings is 1. The van der Waals surface area contributed by atoms with Crippen LogP contribution in [-0.2, 0) is 17.7 Å². The predicted octanol–water partition coefficient (Wildman–Crippen LogP) is 1.53. The fraction of sp³-hybridized carbons (Fsp3) is 0.286. The Labute approximate surface area is 112 Å². The number of hydrogen-bond acceptors (Lipinski definition) is 4. The average Bonchev–Trinajstić information content (AvgIpc) is 2.96. The molecular weight excluding hydrogens is 242 g/mol. The Morgan fingerprint density at radius 2 is 2.16 bits per heavy atom. The lowest BCUT2D eigenvalue weighted by molar-refractivity contribution is 0.0600. The van der Waals surface area contributed by atoms with Gasteiger partial charge in [0.1, 0.15) is 0 Å². The summed E-state index contributed by atoms with van der Waals surface area (Å²) in [5.74, 6) is -0.307. The van der Waals surface area contributed by atoms with E-state index in [0.29, 0.717) is 5.56 Å². The Kier molecular flexibility index (Phi) is 4.69. The van der Waals surface area contributed by atoms with Crippen molar-refractivity contribution in [2.45, 2.75) is 13.0 Å². The lowest BCUT2D eigenvalue weighted by Gasteiger charge is -2.05. The fourth-order valence-corrected chi connectivity index (χ4v) is 1.75. The summed E-state index contributed by atoms with van der Waals surface area (Å²) >= 11 is 0. The standard InChI is InChI=1S/C14H17N3O2/c1-19-14(18)12-4-2-11(3-5-12)8-15-7-6-13-9-16-10-17-13/h2-5,9-10,15H,6-8H2,1H3,(H,16,17). The van der Waals surface area contributed by atoms with E-state index in [1.165, 1.54) is 7.11 Å². The summed E-state index contributed by atoms with van der Waals surface area (Å²) in [6, 6.07) is 7.40. The normalized spacial score (nSPS) is 10.4. The van der Waals surface area contributed by atoms with E-state index in [-0.39, 0.29) is 5.97 Å². The smallest absolute Gasteiger partial charge is 0.337 e. The molecule has 100 valence electrons. The Hall–Kier alpha value is -2.14. The Morgan fingerprint density at radius 1 is 1.37 bits per heavy atom. The largest absolute Gasteiger partial charge is 0.465 e. The summed E-state index contributed by atoms with van der Waals surface area (Å²) in [7, 11) is 1.38. The monoisotopic (exact) mass is 259 g/mol. The van der Waals surface area contributed by atoms with Gasteiger partial charge in [-0.15, -0.1) is 0 Å². The molecule has 0 fully saturated rings. The van der Waals surface area contributed by atoms with E-state index in [2.05, 4.69) is 20.0 Å². The summed E-state index contributed by atoms with van der Waals surface area (Å²) in [4.78, 5) is 18.3. The molecule has 0 saturated heterocycles. The highest BCUT2D eigenvalue weighted by Crippen LogP contribution is 2.05. The van der Waals surface area contributed by atoms with Gasteiger partial charge >= 0.3 is 5.97 Å². The Bertz CT molecular complexity index is 506. The van der Waals surface area contributed by atoms with E-state index in [1.807, 2.05) is 18.3 Å². The lowest BCUT2D eigenvalue weighted by atomic mass is 10.1. The highest BCUT2D eigenvalue weighted by atomic mass is 16.5. The van der Waals surface area contributed by atoms with Crippen LogP contribution in [0, 0.1) is 0 Å². The first kappa shape index (κ1) is 13.3. The third-order valence-electron chi connectivity index (χ3n) is 2.83. The Balaban J connectivity index is 1.75. The number of esters is 1. The molecule has 0 aliphatic carbocycles.